The Bertz CT molecular complexity index is 569. The summed E-state index contributed by atoms with van der Waals surface area (Å²) in [7, 11) is 0. The van der Waals surface area contributed by atoms with Crippen LogP contribution in [0.15, 0.2) is 60.7 Å². The molecule has 0 N–H and O–H groups in total. The maximum absolute atomic E-state index is 6.08. The van der Waals surface area contributed by atoms with Crippen molar-refractivity contribution in [1.29, 1.82) is 0 Å². The fourth-order valence-corrected chi connectivity index (χ4v) is 1.91. The van der Waals surface area contributed by atoms with Gasteiger partial charge in [0.05, 0.1) is 10.0 Å². The SMILES string of the molecule is Clc1cccc(/C=C/C=C/c2ccccc2)c1Cl. The molecule has 2 aromatic rings. The van der Waals surface area contributed by atoms with Gasteiger partial charge in [-0.25, -0.2) is 0 Å². The van der Waals surface area contributed by atoms with Crippen molar-refractivity contribution in [3.05, 3.63) is 81.9 Å². The molecule has 18 heavy (non-hydrogen) atoms. The molecule has 0 heterocycles. The van der Waals surface area contributed by atoms with Crippen molar-refractivity contribution in [1.82, 2.24) is 0 Å². The van der Waals surface area contributed by atoms with Crippen LogP contribution in [0.5, 0.6) is 0 Å². The zero-order valence-electron chi connectivity index (χ0n) is 9.68. The van der Waals surface area contributed by atoms with Crippen molar-refractivity contribution in [2.45, 2.75) is 0 Å². The van der Waals surface area contributed by atoms with Crippen LogP contribution in [0.3, 0.4) is 0 Å². The van der Waals surface area contributed by atoms with E-state index < -0.39 is 0 Å². The molecule has 0 atom stereocenters. The Morgan fingerprint density at radius 2 is 1.44 bits per heavy atom. The van der Waals surface area contributed by atoms with Gasteiger partial charge in [0.1, 0.15) is 0 Å². The largest absolute Gasteiger partial charge is 0.0827 e. The van der Waals surface area contributed by atoms with Gasteiger partial charge in [-0.05, 0) is 17.2 Å². The molecule has 0 radical (unpaired) electrons. The topological polar surface area (TPSA) is 0 Å². The molecule has 0 amide bonds. The van der Waals surface area contributed by atoms with Gasteiger partial charge in [-0.3, -0.25) is 0 Å². The van der Waals surface area contributed by atoms with E-state index in [-0.39, 0.29) is 0 Å². The molecule has 0 nitrogen and oxygen atoms in total. The van der Waals surface area contributed by atoms with Crippen molar-refractivity contribution < 1.29 is 0 Å². The lowest BCUT2D eigenvalue weighted by atomic mass is 10.2. The molecule has 2 rings (SSSR count). The lowest BCUT2D eigenvalue weighted by molar-refractivity contribution is 1.65. The quantitative estimate of drug-likeness (QED) is 0.628. The Kier molecular flexibility index (Phi) is 4.63. The number of hydrogen-bond acceptors (Lipinski definition) is 0. The summed E-state index contributed by atoms with van der Waals surface area (Å²) in [4.78, 5) is 0. The van der Waals surface area contributed by atoms with E-state index in [9.17, 15) is 0 Å². The highest BCUT2D eigenvalue weighted by Gasteiger charge is 1.99. The van der Waals surface area contributed by atoms with Crippen LogP contribution in [0.25, 0.3) is 12.2 Å². The van der Waals surface area contributed by atoms with Crippen molar-refractivity contribution in [2.75, 3.05) is 0 Å². The average molecular weight is 275 g/mol. The number of benzene rings is 2. The Labute approximate surface area is 117 Å². The second-order valence-corrected chi connectivity index (χ2v) is 4.56. The van der Waals surface area contributed by atoms with E-state index in [1.165, 1.54) is 5.56 Å². The van der Waals surface area contributed by atoms with Gasteiger partial charge in [0.2, 0.25) is 0 Å². The lowest BCUT2D eigenvalue weighted by Gasteiger charge is -1.98. The molecule has 90 valence electrons. The number of hydrogen-bond donors (Lipinski definition) is 0. The van der Waals surface area contributed by atoms with Crippen LogP contribution in [0.1, 0.15) is 11.1 Å². The number of rotatable bonds is 3. The minimum Gasteiger partial charge on any atom is -0.0827 e. The number of allylic oxidation sites excluding steroid dienone is 2. The molecule has 0 saturated carbocycles. The van der Waals surface area contributed by atoms with Crippen LogP contribution in [0.2, 0.25) is 10.0 Å². The van der Waals surface area contributed by atoms with Gasteiger partial charge in [0, 0.05) is 0 Å². The van der Waals surface area contributed by atoms with E-state index in [1.807, 2.05) is 54.6 Å². The Morgan fingerprint density at radius 3 is 2.22 bits per heavy atom. The van der Waals surface area contributed by atoms with Crippen molar-refractivity contribution >= 4 is 35.4 Å². The van der Waals surface area contributed by atoms with E-state index in [4.69, 9.17) is 23.2 Å². The minimum atomic E-state index is 0.575. The summed E-state index contributed by atoms with van der Waals surface area (Å²) in [6.45, 7) is 0. The Hall–Kier alpha value is -1.50. The molecule has 0 bridgehead atoms. The summed E-state index contributed by atoms with van der Waals surface area (Å²) in [5, 5.41) is 1.16. The molecule has 0 unspecified atom stereocenters. The summed E-state index contributed by atoms with van der Waals surface area (Å²) >= 11 is 12.0. The molecule has 0 aliphatic rings. The smallest absolute Gasteiger partial charge is 0.0664 e. The van der Waals surface area contributed by atoms with E-state index in [0.29, 0.717) is 10.0 Å². The molecular formula is C16H12Cl2. The molecule has 0 spiro atoms. The maximum atomic E-state index is 6.08. The molecule has 0 saturated heterocycles. The van der Waals surface area contributed by atoms with Crippen LogP contribution in [0.4, 0.5) is 0 Å². The van der Waals surface area contributed by atoms with Crippen molar-refractivity contribution in [3.8, 4) is 0 Å². The maximum Gasteiger partial charge on any atom is 0.0664 e. The van der Waals surface area contributed by atoms with Crippen molar-refractivity contribution in [3.63, 3.8) is 0 Å². The van der Waals surface area contributed by atoms with Gasteiger partial charge in [-0.1, -0.05) is 90.0 Å². The van der Waals surface area contributed by atoms with Crippen LogP contribution < -0.4 is 0 Å². The Balaban J connectivity index is 2.08. The van der Waals surface area contributed by atoms with Gasteiger partial charge in [0.15, 0.2) is 0 Å². The third kappa shape index (κ3) is 3.49. The molecule has 0 aliphatic carbocycles. The Morgan fingerprint density at radius 1 is 0.722 bits per heavy atom. The summed E-state index contributed by atoms with van der Waals surface area (Å²) in [5.41, 5.74) is 2.08. The van der Waals surface area contributed by atoms with Gasteiger partial charge in [-0.15, -0.1) is 0 Å². The summed E-state index contributed by atoms with van der Waals surface area (Å²) < 4.78 is 0. The first-order valence-corrected chi connectivity index (χ1v) is 6.37. The van der Waals surface area contributed by atoms with E-state index in [0.717, 1.165) is 5.56 Å². The van der Waals surface area contributed by atoms with Crippen LogP contribution in [-0.2, 0) is 0 Å². The van der Waals surface area contributed by atoms with E-state index in [2.05, 4.69) is 12.1 Å². The average Bonchev–Trinajstić information content (AvgIpc) is 2.40. The van der Waals surface area contributed by atoms with Crippen LogP contribution in [0, 0.1) is 0 Å². The first-order chi connectivity index (χ1) is 8.77. The second kappa shape index (κ2) is 6.44. The number of halogens is 2. The molecule has 0 aliphatic heterocycles. The highest BCUT2D eigenvalue weighted by atomic mass is 35.5. The highest BCUT2D eigenvalue weighted by molar-refractivity contribution is 6.42. The molecule has 2 aromatic carbocycles. The lowest BCUT2D eigenvalue weighted by Crippen LogP contribution is -1.75. The molecule has 2 heteroatoms. The van der Waals surface area contributed by atoms with E-state index >= 15 is 0 Å². The standard InChI is InChI=1S/C16H12Cl2/c17-15-12-6-11-14(16(15)18)10-5-4-9-13-7-2-1-3-8-13/h1-12H/b9-4+,10-5+. The normalized spacial score (nSPS) is 11.4. The highest BCUT2D eigenvalue weighted by Crippen LogP contribution is 2.26. The molecule has 0 fully saturated rings. The monoisotopic (exact) mass is 274 g/mol. The summed E-state index contributed by atoms with van der Waals surface area (Å²) in [6, 6.07) is 15.7. The third-order valence-electron chi connectivity index (χ3n) is 2.46. The zero-order valence-corrected chi connectivity index (χ0v) is 11.2. The summed E-state index contributed by atoms with van der Waals surface area (Å²) in [6.07, 6.45) is 7.90. The van der Waals surface area contributed by atoms with Gasteiger partial charge < -0.3 is 0 Å². The first-order valence-electron chi connectivity index (χ1n) is 5.61. The van der Waals surface area contributed by atoms with Gasteiger partial charge in [-0.2, -0.15) is 0 Å². The van der Waals surface area contributed by atoms with E-state index in [1.54, 1.807) is 6.07 Å². The summed E-state index contributed by atoms with van der Waals surface area (Å²) in [5.74, 6) is 0. The predicted molar refractivity (Wildman–Crippen MR) is 81.0 cm³/mol. The third-order valence-corrected chi connectivity index (χ3v) is 3.29. The fourth-order valence-electron chi connectivity index (χ4n) is 1.54. The minimum absolute atomic E-state index is 0.575. The first kappa shape index (κ1) is 12.9. The van der Waals surface area contributed by atoms with Crippen molar-refractivity contribution in [2.24, 2.45) is 0 Å². The van der Waals surface area contributed by atoms with Gasteiger partial charge in [0.25, 0.3) is 0 Å². The predicted octanol–water partition coefficient (Wildman–Crippen LogP) is 5.72. The zero-order chi connectivity index (χ0) is 12.8. The van der Waals surface area contributed by atoms with Gasteiger partial charge >= 0.3 is 0 Å². The molecular weight excluding hydrogens is 263 g/mol. The fraction of sp³-hybridized carbons (Fsp3) is 0. The van der Waals surface area contributed by atoms with Crippen LogP contribution >= 0.6 is 23.2 Å². The van der Waals surface area contributed by atoms with Crippen LogP contribution in [-0.4, -0.2) is 0 Å². The molecule has 0 aromatic heterocycles. The second-order valence-electron chi connectivity index (χ2n) is 3.77.